The molecule has 0 aliphatic carbocycles. The number of aliphatic hydroxyl groups excluding tert-OH is 1. The van der Waals surface area contributed by atoms with E-state index in [-0.39, 0.29) is 0 Å². The minimum Gasteiger partial charge on any atom is -0.495 e. The molecule has 3 nitrogen and oxygen atoms in total. The highest BCUT2D eigenvalue weighted by molar-refractivity contribution is 5.11. The van der Waals surface area contributed by atoms with Crippen molar-refractivity contribution in [3.63, 3.8) is 0 Å². The smallest absolute Gasteiger partial charge is 0.121 e. The summed E-state index contributed by atoms with van der Waals surface area (Å²) in [6, 6.07) is 3.94. The maximum atomic E-state index is 9.80. The molecule has 0 fully saturated rings. The Bertz CT molecular complexity index is 335. The Hall–Kier alpha value is -1.35. The second kappa shape index (κ2) is 4.94. The summed E-state index contributed by atoms with van der Waals surface area (Å²) >= 11 is 0. The average Bonchev–Trinajstić information content (AvgIpc) is 2.81. The van der Waals surface area contributed by atoms with Gasteiger partial charge in [0.1, 0.15) is 11.9 Å². The van der Waals surface area contributed by atoms with Crippen molar-refractivity contribution in [3.05, 3.63) is 41.9 Å². The molecule has 0 saturated carbocycles. The van der Waals surface area contributed by atoms with Gasteiger partial charge in [0.25, 0.3) is 0 Å². The van der Waals surface area contributed by atoms with Crippen LogP contribution in [0.3, 0.4) is 0 Å². The predicted octanol–water partition coefficient (Wildman–Crippen LogP) is 1.68. The van der Waals surface area contributed by atoms with Crippen molar-refractivity contribution in [1.29, 1.82) is 0 Å². The Morgan fingerprint density at radius 2 is 2.20 bits per heavy atom. The maximum Gasteiger partial charge on any atom is 0.121 e. The minimum atomic E-state index is -0.458. The average molecular weight is 205 g/mol. The van der Waals surface area contributed by atoms with Gasteiger partial charge < -0.3 is 9.84 Å². The van der Waals surface area contributed by atoms with Crippen molar-refractivity contribution in [3.8, 4) is 0 Å². The molecule has 1 atom stereocenters. The normalized spacial score (nSPS) is 17.0. The number of aromatic nitrogens is 1. The first kappa shape index (κ1) is 10.2. The predicted molar refractivity (Wildman–Crippen MR) is 57.2 cm³/mol. The fourth-order valence-corrected chi connectivity index (χ4v) is 1.66. The van der Waals surface area contributed by atoms with Crippen molar-refractivity contribution < 1.29 is 9.84 Å². The van der Waals surface area contributed by atoms with Gasteiger partial charge in [-0.2, -0.15) is 0 Å². The molecule has 0 bridgehead atoms. The first-order valence-electron chi connectivity index (χ1n) is 5.26. The summed E-state index contributed by atoms with van der Waals surface area (Å²) < 4.78 is 5.30. The van der Waals surface area contributed by atoms with E-state index in [0.29, 0.717) is 13.0 Å². The molecule has 0 amide bonds. The standard InChI is InChI=1S/C12H15NO2/c14-11(12-2-1-9-15-12)4-3-10-5-7-13-8-6-10/h2,5-8,11,14H,1,3-4,9H2. The third kappa shape index (κ3) is 2.80. The van der Waals surface area contributed by atoms with Gasteiger partial charge in [0, 0.05) is 18.8 Å². The molecule has 0 aromatic carbocycles. The van der Waals surface area contributed by atoms with Crippen LogP contribution in [0.25, 0.3) is 0 Å². The van der Waals surface area contributed by atoms with Gasteiger partial charge >= 0.3 is 0 Å². The van der Waals surface area contributed by atoms with Crippen LogP contribution in [0.4, 0.5) is 0 Å². The van der Waals surface area contributed by atoms with E-state index in [0.717, 1.165) is 18.6 Å². The molecule has 2 rings (SSSR count). The fourth-order valence-electron chi connectivity index (χ4n) is 1.66. The highest BCUT2D eigenvalue weighted by atomic mass is 16.5. The van der Waals surface area contributed by atoms with Gasteiger partial charge in [0.2, 0.25) is 0 Å². The number of rotatable bonds is 4. The van der Waals surface area contributed by atoms with Crippen LogP contribution in [0.5, 0.6) is 0 Å². The van der Waals surface area contributed by atoms with Crippen LogP contribution >= 0.6 is 0 Å². The SMILES string of the molecule is OC(CCc1ccncc1)C1=CCCO1. The van der Waals surface area contributed by atoms with E-state index in [1.165, 1.54) is 5.56 Å². The summed E-state index contributed by atoms with van der Waals surface area (Å²) in [7, 11) is 0. The monoisotopic (exact) mass is 205 g/mol. The van der Waals surface area contributed by atoms with E-state index >= 15 is 0 Å². The van der Waals surface area contributed by atoms with Crippen molar-refractivity contribution in [2.45, 2.75) is 25.4 Å². The lowest BCUT2D eigenvalue weighted by molar-refractivity contribution is 0.112. The van der Waals surface area contributed by atoms with Gasteiger partial charge in [0.05, 0.1) is 6.61 Å². The van der Waals surface area contributed by atoms with E-state index in [2.05, 4.69) is 4.98 Å². The third-order valence-corrected chi connectivity index (χ3v) is 2.52. The number of pyridine rings is 1. The zero-order chi connectivity index (χ0) is 10.5. The lowest BCUT2D eigenvalue weighted by Gasteiger charge is -2.11. The summed E-state index contributed by atoms with van der Waals surface area (Å²) in [4.78, 5) is 3.95. The third-order valence-electron chi connectivity index (χ3n) is 2.52. The van der Waals surface area contributed by atoms with Gasteiger partial charge in [-0.05, 0) is 36.6 Å². The maximum absolute atomic E-state index is 9.80. The quantitative estimate of drug-likeness (QED) is 0.813. The number of nitrogens with zero attached hydrogens (tertiary/aromatic N) is 1. The molecular formula is C12H15NO2. The molecule has 1 aromatic heterocycles. The zero-order valence-corrected chi connectivity index (χ0v) is 8.60. The molecule has 0 radical (unpaired) electrons. The fraction of sp³-hybridized carbons (Fsp3) is 0.417. The first-order chi connectivity index (χ1) is 7.36. The van der Waals surface area contributed by atoms with Crippen LogP contribution in [-0.4, -0.2) is 22.8 Å². The minimum absolute atomic E-state index is 0.458. The molecule has 80 valence electrons. The van der Waals surface area contributed by atoms with E-state index < -0.39 is 6.10 Å². The van der Waals surface area contributed by atoms with E-state index in [1.54, 1.807) is 12.4 Å². The van der Waals surface area contributed by atoms with Crippen LogP contribution in [0.1, 0.15) is 18.4 Å². The molecule has 15 heavy (non-hydrogen) atoms. The molecule has 1 aliphatic heterocycles. The second-order valence-electron chi connectivity index (χ2n) is 3.65. The van der Waals surface area contributed by atoms with Crippen molar-refractivity contribution in [1.82, 2.24) is 4.98 Å². The molecule has 2 heterocycles. The Morgan fingerprint density at radius 1 is 1.40 bits per heavy atom. The van der Waals surface area contributed by atoms with Crippen LogP contribution in [0, 0.1) is 0 Å². The van der Waals surface area contributed by atoms with Gasteiger partial charge in [-0.25, -0.2) is 0 Å². The van der Waals surface area contributed by atoms with Crippen molar-refractivity contribution in [2.24, 2.45) is 0 Å². The highest BCUT2D eigenvalue weighted by Gasteiger charge is 2.15. The topological polar surface area (TPSA) is 42.4 Å². The summed E-state index contributed by atoms with van der Waals surface area (Å²) in [5, 5.41) is 9.80. The summed E-state index contributed by atoms with van der Waals surface area (Å²) in [5.74, 6) is 0.740. The second-order valence-corrected chi connectivity index (χ2v) is 3.65. The molecule has 0 spiro atoms. The van der Waals surface area contributed by atoms with Crippen LogP contribution < -0.4 is 0 Å². The molecule has 0 saturated heterocycles. The number of ether oxygens (including phenoxy) is 1. The molecule has 3 heteroatoms. The number of hydrogen-bond acceptors (Lipinski definition) is 3. The van der Waals surface area contributed by atoms with Crippen LogP contribution in [0.15, 0.2) is 36.4 Å². The number of aliphatic hydroxyl groups is 1. The molecule has 1 aliphatic rings. The van der Waals surface area contributed by atoms with Crippen LogP contribution in [-0.2, 0) is 11.2 Å². The van der Waals surface area contributed by atoms with E-state index in [4.69, 9.17) is 4.74 Å². The summed E-state index contributed by atoms with van der Waals surface area (Å²) in [5.41, 5.74) is 1.20. The van der Waals surface area contributed by atoms with Gasteiger partial charge in [-0.3, -0.25) is 4.98 Å². The highest BCUT2D eigenvalue weighted by Crippen LogP contribution is 2.17. The molecule has 1 aromatic rings. The first-order valence-corrected chi connectivity index (χ1v) is 5.26. The Balaban J connectivity index is 1.83. The molecular weight excluding hydrogens is 190 g/mol. The van der Waals surface area contributed by atoms with Gasteiger partial charge in [0.15, 0.2) is 0 Å². The number of hydrogen-bond donors (Lipinski definition) is 1. The van der Waals surface area contributed by atoms with Crippen molar-refractivity contribution in [2.75, 3.05) is 6.61 Å². The summed E-state index contributed by atoms with van der Waals surface area (Å²) in [6.07, 6.45) is 7.53. The number of aryl methyl sites for hydroxylation is 1. The Morgan fingerprint density at radius 3 is 2.87 bits per heavy atom. The van der Waals surface area contributed by atoms with E-state index in [9.17, 15) is 5.11 Å². The zero-order valence-electron chi connectivity index (χ0n) is 8.60. The Labute approximate surface area is 89.4 Å². The van der Waals surface area contributed by atoms with Gasteiger partial charge in [-0.15, -0.1) is 0 Å². The van der Waals surface area contributed by atoms with Gasteiger partial charge in [-0.1, -0.05) is 0 Å². The molecule has 1 N–H and O–H groups in total. The summed E-state index contributed by atoms with van der Waals surface area (Å²) in [6.45, 7) is 0.710. The van der Waals surface area contributed by atoms with E-state index in [1.807, 2.05) is 18.2 Å². The lowest BCUT2D eigenvalue weighted by Crippen LogP contribution is -2.11. The largest absolute Gasteiger partial charge is 0.495 e. The Kier molecular flexibility index (Phi) is 3.35. The lowest BCUT2D eigenvalue weighted by atomic mass is 10.1. The van der Waals surface area contributed by atoms with Crippen molar-refractivity contribution >= 4 is 0 Å². The molecule has 1 unspecified atom stereocenters. The van der Waals surface area contributed by atoms with Crippen LogP contribution in [0.2, 0.25) is 0 Å².